The second kappa shape index (κ2) is 6.22. The molecule has 0 amide bonds. The van der Waals surface area contributed by atoms with Gasteiger partial charge in [-0.25, -0.2) is 9.78 Å². The molecule has 0 aromatic carbocycles. The summed E-state index contributed by atoms with van der Waals surface area (Å²) in [4.78, 5) is 15.7. The number of rotatable bonds is 5. The summed E-state index contributed by atoms with van der Waals surface area (Å²) in [7, 11) is 0. The lowest BCUT2D eigenvalue weighted by Gasteiger charge is -2.23. The van der Waals surface area contributed by atoms with Gasteiger partial charge in [0.1, 0.15) is 5.82 Å². The van der Waals surface area contributed by atoms with E-state index in [9.17, 15) is 9.90 Å². The Morgan fingerprint density at radius 3 is 2.40 bits per heavy atom. The number of carboxylic acid groups (broad SMARTS) is 1. The second-order valence-corrected chi connectivity index (χ2v) is 6.27. The number of nitrogens with zero attached hydrogens (tertiary/aromatic N) is 1. The molecule has 0 saturated carbocycles. The van der Waals surface area contributed by atoms with Crippen LogP contribution in [-0.4, -0.2) is 33.8 Å². The average molecular weight is 280 g/mol. The molecule has 0 radical (unpaired) electrons. The van der Waals surface area contributed by atoms with Crippen LogP contribution in [0.3, 0.4) is 0 Å². The van der Waals surface area contributed by atoms with Crippen LogP contribution in [0.15, 0.2) is 12.1 Å². The largest absolute Gasteiger partial charge is 0.478 e. The number of carboxylic acids is 1. The van der Waals surface area contributed by atoms with Crippen molar-refractivity contribution in [2.24, 2.45) is 5.92 Å². The number of nitrogens with one attached hydrogen (secondary N) is 1. The first-order valence-corrected chi connectivity index (χ1v) is 6.78. The van der Waals surface area contributed by atoms with Gasteiger partial charge in [0.25, 0.3) is 0 Å². The average Bonchev–Trinajstić information content (AvgIpc) is 2.36. The van der Waals surface area contributed by atoms with Crippen LogP contribution < -0.4 is 5.32 Å². The van der Waals surface area contributed by atoms with Crippen LogP contribution in [0, 0.1) is 5.92 Å². The van der Waals surface area contributed by atoms with Gasteiger partial charge in [0, 0.05) is 23.8 Å². The lowest BCUT2D eigenvalue weighted by Crippen LogP contribution is -2.27. The van der Waals surface area contributed by atoms with Crippen LogP contribution in [0.4, 0.5) is 5.82 Å². The smallest absolute Gasteiger partial charge is 0.335 e. The molecule has 1 rings (SSSR count). The first-order valence-electron chi connectivity index (χ1n) is 6.78. The maximum atomic E-state index is 11.2. The minimum atomic E-state index is -0.969. The van der Waals surface area contributed by atoms with Crippen LogP contribution in [0.2, 0.25) is 0 Å². The third-order valence-corrected chi connectivity index (χ3v) is 3.36. The number of anilines is 1. The van der Waals surface area contributed by atoms with Crippen molar-refractivity contribution in [2.75, 3.05) is 11.9 Å². The van der Waals surface area contributed by atoms with Crippen LogP contribution in [0.1, 0.15) is 50.7 Å². The van der Waals surface area contributed by atoms with Gasteiger partial charge in [0.15, 0.2) is 0 Å². The molecular weight excluding hydrogens is 256 g/mol. The predicted molar refractivity (Wildman–Crippen MR) is 79.2 cm³/mol. The summed E-state index contributed by atoms with van der Waals surface area (Å²) in [6.07, 6.45) is 0. The Hall–Kier alpha value is -1.62. The van der Waals surface area contributed by atoms with Gasteiger partial charge in [-0.1, -0.05) is 27.7 Å². The van der Waals surface area contributed by atoms with E-state index in [-0.39, 0.29) is 29.5 Å². The molecule has 0 aliphatic heterocycles. The number of aliphatic hydroxyl groups is 1. The molecule has 0 fully saturated rings. The highest BCUT2D eigenvalue weighted by molar-refractivity contribution is 5.88. The summed E-state index contributed by atoms with van der Waals surface area (Å²) in [5.41, 5.74) is 0.716. The summed E-state index contributed by atoms with van der Waals surface area (Å²) < 4.78 is 0. The lowest BCUT2D eigenvalue weighted by atomic mass is 9.90. The second-order valence-electron chi connectivity index (χ2n) is 6.27. The Kier molecular flexibility index (Phi) is 5.11. The molecule has 0 aliphatic rings. The molecule has 2 atom stereocenters. The van der Waals surface area contributed by atoms with Crippen LogP contribution in [0.5, 0.6) is 0 Å². The van der Waals surface area contributed by atoms with E-state index in [1.165, 1.54) is 6.07 Å². The van der Waals surface area contributed by atoms with Gasteiger partial charge in [-0.2, -0.15) is 0 Å². The van der Waals surface area contributed by atoms with Crippen molar-refractivity contribution in [2.45, 2.75) is 46.1 Å². The number of aromatic carboxylic acids is 1. The molecule has 5 heteroatoms. The van der Waals surface area contributed by atoms with Gasteiger partial charge < -0.3 is 15.5 Å². The van der Waals surface area contributed by atoms with Crippen molar-refractivity contribution < 1.29 is 15.0 Å². The Morgan fingerprint density at radius 2 is 1.95 bits per heavy atom. The van der Waals surface area contributed by atoms with Gasteiger partial charge in [-0.15, -0.1) is 0 Å². The van der Waals surface area contributed by atoms with Gasteiger partial charge in [0.05, 0.1) is 5.56 Å². The highest BCUT2D eigenvalue weighted by Crippen LogP contribution is 2.24. The Labute approximate surface area is 120 Å². The highest BCUT2D eigenvalue weighted by Gasteiger charge is 2.20. The third-order valence-electron chi connectivity index (χ3n) is 3.36. The topological polar surface area (TPSA) is 82.5 Å². The summed E-state index contributed by atoms with van der Waals surface area (Å²) in [5.74, 6) is -0.380. The lowest BCUT2D eigenvalue weighted by molar-refractivity contribution is 0.0696. The summed E-state index contributed by atoms with van der Waals surface area (Å²) >= 11 is 0. The molecule has 0 spiro atoms. The SMILES string of the molecule is CC(CO)C(C)Nc1cc(C(=O)O)cc(C(C)(C)C)n1. The van der Waals surface area contributed by atoms with E-state index in [1.54, 1.807) is 6.07 Å². The fourth-order valence-corrected chi connectivity index (χ4v) is 1.65. The van der Waals surface area contributed by atoms with E-state index in [0.29, 0.717) is 5.82 Å². The van der Waals surface area contributed by atoms with Gasteiger partial charge in [-0.05, 0) is 25.0 Å². The van der Waals surface area contributed by atoms with Crippen LogP contribution in [-0.2, 0) is 5.41 Å². The van der Waals surface area contributed by atoms with Crippen LogP contribution >= 0.6 is 0 Å². The number of pyridine rings is 1. The number of hydrogen-bond donors (Lipinski definition) is 3. The number of hydrogen-bond acceptors (Lipinski definition) is 4. The maximum absolute atomic E-state index is 11.2. The van der Waals surface area contributed by atoms with Crippen molar-refractivity contribution in [3.63, 3.8) is 0 Å². The Balaban J connectivity index is 3.13. The normalized spacial score (nSPS) is 14.7. The maximum Gasteiger partial charge on any atom is 0.335 e. The van der Waals surface area contributed by atoms with E-state index in [0.717, 1.165) is 5.69 Å². The van der Waals surface area contributed by atoms with E-state index in [2.05, 4.69) is 10.3 Å². The third kappa shape index (κ3) is 4.20. The van der Waals surface area contributed by atoms with E-state index < -0.39 is 5.97 Å². The Bertz CT molecular complexity index is 480. The number of aliphatic hydroxyl groups excluding tert-OH is 1. The molecule has 3 N–H and O–H groups in total. The summed E-state index contributed by atoms with van der Waals surface area (Å²) in [6.45, 7) is 9.90. The molecule has 20 heavy (non-hydrogen) atoms. The van der Waals surface area contributed by atoms with Gasteiger partial charge in [-0.3, -0.25) is 0 Å². The van der Waals surface area contributed by atoms with E-state index in [1.807, 2.05) is 34.6 Å². The summed E-state index contributed by atoms with van der Waals surface area (Å²) in [6, 6.07) is 3.13. The zero-order valence-corrected chi connectivity index (χ0v) is 12.8. The minimum absolute atomic E-state index is 0.00404. The minimum Gasteiger partial charge on any atom is -0.478 e. The van der Waals surface area contributed by atoms with Gasteiger partial charge >= 0.3 is 5.97 Å². The Morgan fingerprint density at radius 1 is 1.35 bits per heavy atom. The molecule has 0 bridgehead atoms. The molecule has 1 heterocycles. The fourth-order valence-electron chi connectivity index (χ4n) is 1.65. The monoisotopic (exact) mass is 280 g/mol. The quantitative estimate of drug-likeness (QED) is 0.772. The summed E-state index contributed by atoms with van der Waals surface area (Å²) in [5, 5.41) is 21.5. The molecule has 1 aromatic heterocycles. The standard InChI is InChI=1S/C15H24N2O3/c1-9(8-18)10(2)16-13-7-11(14(19)20)6-12(17-13)15(3,4)5/h6-7,9-10,18H,8H2,1-5H3,(H,16,17)(H,19,20). The fraction of sp³-hybridized carbons (Fsp3) is 0.600. The molecule has 0 saturated heterocycles. The van der Waals surface area contributed by atoms with Crippen LogP contribution in [0.25, 0.3) is 0 Å². The molecule has 0 aliphatic carbocycles. The van der Waals surface area contributed by atoms with E-state index in [4.69, 9.17) is 5.11 Å². The van der Waals surface area contributed by atoms with Crippen molar-refractivity contribution in [3.8, 4) is 0 Å². The zero-order chi connectivity index (χ0) is 15.5. The zero-order valence-electron chi connectivity index (χ0n) is 12.8. The predicted octanol–water partition coefficient (Wildman–Crippen LogP) is 2.51. The highest BCUT2D eigenvalue weighted by atomic mass is 16.4. The number of aromatic nitrogens is 1. The molecule has 5 nitrogen and oxygen atoms in total. The first kappa shape index (κ1) is 16.4. The van der Waals surface area contributed by atoms with Crippen molar-refractivity contribution in [3.05, 3.63) is 23.4 Å². The first-order chi connectivity index (χ1) is 9.15. The van der Waals surface area contributed by atoms with Crippen molar-refractivity contribution in [1.29, 1.82) is 0 Å². The number of carbonyl (C=O) groups is 1. The molecule has 2 unspecified atom stereocenters. The molecular formula is C15H24N2O3. The molecule has 112 valence electrons. The molecule has 1 aromatic rings. The van der Waals surface area contributed by atoms with Crippen molar-refractivity contribution in [1.82, 2.24) is 4.98 Å². The van der Waals surface area contributed by atoms with Gasteiger partial charge in [0.2, 0.25) is 0 Å². The van der Waals surface area contributed by atoms with Crippen molar-refractivity contribution >= 4 is 11.8 Å². The van der Waals surface area contributed by atoms with E-state index >= 15 is 0 Å².